The molecule has 0 aliphatic heterocycles. The lowest BCUT2D eigenvalue weighted by molar-refractivity contribution is -0.153. The third-order valence-electron chi connectivity index (χ3n) is 2.79. The van der Waals surface area contributed by atoms with Gasteiger partial charge in [-0.2, -0.15) is 5.10 Å². The van der Waals surface area contributed by atoms with E-state index in [0.717, 1.165) is 16.8 Å². The summed E-state index contributed by atoms with van der Waals surface area (Å²) in [6, 6.07) is 9.97. The molecular weight excluding hydrogens is 266 g/mol. The van der Waals surface area contributed by atoms with E-state index in [2.05, 4.69) is 15.5 Å². The Kier molecular flexibility index (Phi) is 4.75. The highest BCUT2D eigenvalue weighted by atomic mass is 16.6. The van der Waals surface area contributed by atoms with Crippen molar-refractivity contribution in [2.45, 2.75) is 32.9 Å². The summed E-state index contributed by atoms with van der Waals surface area (Å²) >= 11 is 0. The summed E-state index contributed by atoms with van der Waals surface area (Å²) in [5, 5.41) is 10.2. The molecule has 0 atom stereocenters. The highest BCUT2D eigenvalue weighted by molar-refractivity contribution is 5.72. The number of rotatable bonds is 5. The first-order valence-electron chi connectivity index (χ1n) is 6.96. The fraction of sp³-hybridized carbons (Fsp3) is 0.375. The molecule has 21 heavy (non-hydrogen) atoms. The fourth-order valence-corrected chi connectivity index (χ4v) is 1.98. The van der Waals surface area contributed by atoms with E-state index in [1.165, 1.54) is 0 Å². The van der Waals surface area contributed by atoms with Gasteiger partial charge in [0, 0.05) is 12.1 Å². The summed E-state index contributed by atoms with van der Waals surface area (Å²) in [4.78, 5) is 11.6. The first kappa shape index (κ1) is 15.3. The number of hydrogen-bond acceptors (Lipinski definition) is 4. The van der Waals surface area contributed by atoms with Gasteiger partial charge in [-0.1, -0.05) is 30.3 Å². The summed E-state index contributed by atoms with van der Waals surface area (Å²) in [7, 11) is 0. The first-order chi connectivity index (χ1) is 9.96. The number of hydrogen-bond donors (Lipinski definition) is 2. The monoisotopic (exact) mass is 287 g/mol. The maximum Gasteiger partial charge on any atom is 0.320 e. The Bertz CT molecular complexity index is 585. The van der Waals surface area contributed by atoms with Crippen molar-refractivity contribution in [3.63, 3.8) is 0 Å². The standard InChI is InChI=1S/C16H21N3O2/c1-16(2,3)21-14(20)11-17-9-13-10-18-19-15(13)12-7-5-4-6-8-12/h4-8,10,17H,9,11H2,1-3H3,(H,18,19). The van der Waals surface area contributed by atoms with Crippen LogP contribution in [0.15, 0.2) is 36.5 Å². The second kappa shape index (κ2) is 6.54. The number of carbonyl (C=O) groups excluding carboxylic acids is 1. The van der Waals surface area contributed by atoms with E-state index in [-0.39, 0.29) is 12.5 Å². The molecule has 1 aromatic heterocycles. The molecule has 0 aliphatic rings. The maximum atomic E-state index is 11.6. The van der Waals surface area contributed by atoms with Gasteiger partial charge >= 0.3 is 5.97 Å². The number of benzene rings is 1. The average Bonchev–Trinajstić information content (AvgIpc) is 2.86. The van der Waals surface area contributed by atoms with Crippen molar-refractivity contribution in [1.29, 1.82) is 0 Å². The minimum atomic E-state index is -0.455. The van der Waals surface area contributed by atoms with Crippen LogP contribution in [0.2, 0.25) is 0 Å². The maximum absolute atomic E-state index is 11.6. The third kappa shape index (κ3) is 4.72. The number of esters is 1. The van der Waals surface area contributed by atoms with Gasteiger partial charge in [0.1, 0.15) is 5.60 Å². The Morgan fingerprint density at radius 2 is 2.00 bits per heavy atom. The summed E-state index contributed by atoms with van der Waals surface area (Å²) in [6.07, 6.45) is 1.77. The van der Waals surface area contributed by atoms with Gasteiger partial charge in [-0.05, 0) is 26.3 Å². The number of ether oxygens (including phenoxy) is 1. The third-order valence-corrected chi connectivity index (χ3v) is 2.79. The van der Waals surface area contributed by atoms with Crippen LogP contribution in [0.1, 0.15) is 26.3 Å². The Balaban J connectivity index is 1.91. The molecule has 0 bridgehead atoms. The molecule has 1 aromatic carbocycles. The second-order valence-corrected chi connectivity index (χ2v) is 5.83. The Hall–Kier alpha value is -2.14. The number of aromatic nitrogens is 2. The van der Waals surface area contributed by atoms with Gasteiger partial charge in [0.25, 0.3) is 0 Å². The minimum absolute atomic E-state index is 0.177. The lowest BCUT2D eigenvalue weighted by Gasteiger charge is -2.19. The molecule has 2 N–H and O–H groups in total. The highest BCUT2D eigenvalue weighted by Crippen LogP contribution is 2.20. The van der Waals surface area contributed by atoms with Gasteiger partial charge in [0.2, 0.25) is 0 Å². The molecule has 0 radical (unpaired) electrons. The molecular formula is C16H21N3O2. The molecule has 0 unspecified atom stereocenters. The van der Waals surface area contributed by atoms with Crippen molar-refractivity contribution in [2.75, 3.05) is 6.54 Å². The number of H-pyrrole nitrogens is 1. The van der Waals surface area contributed by atoms with Gasteiger partial charge in [0.05, 0.1) is 18.4 Å². The minimum Gasteiger partial charge on any atom is -0.459 e. The Morgan fingerprint density at radius 1 is 1.29 bits per heavy atom. The van der Waals surface area contributed by atoms with Crippen LogP contribution in [-0.2, 0) is 16.1 Å². The molecule has 1 heterocycles. The van der Waals surface area contributed by atoms with Crippen molar-refractivity contribution in [3.8, 4) is 11.3 Å². The number of nitrogens with zero attached hydrogens (tertiary/aromatic N) is 1. The summed E-state index contributed by atoms with van der Waals surface area (Å²) in [6.45, 7) is 6.30. The van der Waals surface area contributed by atoms with Crippen LogP contribution in [0.25, 0.3) is 11.3 Å². The lowest BCUT2D eigenvalue weighted by Crippen LogP contribution is -2.31. The summed E-state index contributed by atoms with van der Waals surface area (Å²) in [5.41, 5.74) is 2.60. The average molecular weight is 287 g/mol. The zero-order chi connectivity index (χ0) is 15.3. The molecule has 0 aliphatic carbocycles. The van der Waals surface area contributed by atoms with E-state index in [1.54, 1.807) is 6.20 Å². The molecule has 5 heteroatoms. The van der Waals surface area contributed by atoms with Crippen molar-refractivity contribution >= 4 is 5.97 Å². The fourth-order valence-electron chi connectivity index (χ4n) is 1.98. The van der Waals surface area contributed by atoms with Gasteiger partial charge in [-0.15, -0.1) is 0 Å². The van der Waals surface area contributed by atoms with E-state index in [9.17, 15) is 4.79 Å². The Labute approximate surface area is 124 Å². The van der Waals surface area contributed by atoms with Gasteiger partial charge < -0.3 is 10.1 Å². The van der Waals surface area contributed by atoms with E-state index in [0.29, 0.717) is 6.54 Å². The van der Waals surface area contributed by atoms with Crippen LogP contribution in [0.3, 0.4) is 0 Å². The smallest absolute Gasteiger partial charge is 0.320 e. The van der Waals surface area contributed by atoms with Crippen LogP contribution in [-0.4, -0.2) is 28.3 Å². The first-order valence-corrected chi connectivity index (χ1v) is 6.96. The van der Waals surface area contributed by atoms with Crippen LogP contribution in [0.4, 0.5) is 0 Å². The quantitative estimate of drug-likeness (QED) is 0.829. The van der Waals surface area contributed by atoms with Gasteiger partial charge in [0.15, 0.2) is 0 Å². The molecule has 0 spiro atoms. The molecule has 0 amide bonds. The van der Waals surface area contributed by atoms with E-state index < -0.39 is 5.60 Å². The zero-order valence-electron chi connectivity index (χ0n) is 12.6. The normalized spacial score (nSPS) is 11.4. The highest BCUT2D eigenvalue weighted by Gasteiger charge is 2.16. The van der Waals surface area contributed by atoms with E-state index in [1.807, 2.05) is 51.1 Å². The number of carbonyl (C=O) groups is 1. The van der Waals surface area contributed by atoms with Gasteiger partial charge in [-0.3, -0.25) is 9.89 Å². The molecule has 0 saturated heterocycles. The van der Waals surface area contributed by atoms with E-state index >= 15 is 0 Å². The van der Waals surface area contributed by atoms with Crippen LogP contribution in [0.5, 0.6) is 0 Å². The lowest BCUT2D eigenvalue weighted by atomic mass is 10.1. The Morgan fingerprint density at radius 3 is 2.67 bits per heavy atom. The predicted molar refractivity (Wildman–Crippen MR) is 81.6 cm³/mol. The zero-order valence-corrected chi connectivity index (χ0v) is 12.6. The number of nitrogens with one attached hydrogen (secondary N) is 2. The molecule has 5 nitrogen and oxygen atoms in total. The molecule has 0 fully saturated rings. The molecule has 2 aromatic rings. The SMILES string of the molecule is CC(C)(C)OC(=O)CNCc1cn[nH]c1-c1ccccc1. The number of aromatic amines is 1. The van der Waals surface area contributed by atoms with Crippen LogP contribution < -0.4 is 5.32 Å². The topological polar surface area (TPSA) is 67.0 Å². The molecule has 112 valence electrons. The largest absolute Gasteiger partial charge is 0.459 e. The van der Waals surface area contributed by atoms with Crippen molar-refractivity contribution in [3.05, 3.63) is 42.1 Å². The van der Waals surface area contributed by atoms with Crippen LogP contribution >= 0.6 is 0 Å². The summed E-state index contributed by atoms with van der Waals surface area (Å²) < 4.78 is 5.25. The molecule has 0 saturated carbocycles. The van der Waals surface area contributed by atoms with E-state index in [4.69, 9.17) is 4.74 Å². The van der Waals surface area contributed by atoms with Crippen molar-refractivity contribution in [2.24, 2.45) is 0 Å². The second-order valence-electron chi connectivity index (χ2n) is 5.83. The predicted octanol–water partition coefficient (Wildman–Crippen LogP) is 2.51. The van der Waals surface area contributed by atoms with Gasteiger partial charge in [-0.25, -0.2) is 0 Å². The van der Waals surface area contributed by atoms with Crippen molar-refractivity contribution < 1.29 is 9.53 Å². The summed E-state index contributed by atoms with van der Waals surface area (Å²) in [5.74, 6) is -0.257. The molecule has 2 rings (SSSR count). The van der Waals surface area contributed by atoms with Crippen LogP contribution in [0, 0.1) is 0 Å². The van der Waals surface area contributed by atoms with Crippen molar-refractivity contribution in [1.82, 2.24) is 15.5 Å².